The number of aryl methyl sites for hydroxylation is 1. The molecule has 1 amide bonds. The molecule has 0 aliphatic rings. The molecule has 2 N–H and O–H groups in total. The third kappa shape index (κ3) is 2.30. The van der Waals surface area contributed by atoms with E-state index >= 15 is 0 Å². The van der Waals surface area contributed by atoms with Gasteiger partial charge in [-0.25, -0.2) is 4.39 Å². The number of aromatic nitrogens is 1. The summed E-state index contributed by atoms with van der Waals surface area (Å²) in [5.41, 5.74) is 7.72. The number of rotatable bonds is 2. The van der Waals surface area contributed by atoms with Crippen molar-refractivity contribution in [2.24, 2.45) is 5.73 Å². The number of hydrogen-bond acceptors (Lipinski definition) is 2. The van der Waals surface area contributed by atoms with E-state index in [4.69, 9.17) is 5.73 Å². The second kappa shape index (κ2) is 4.33. The van der Waals surface area contributed by atoms with Crippen molar-refractivity contribution >= 4 is 5.91 Å². The van der Waals surface area contributed by atoms with Gasteiger partial charge in [-0.05, 0) is 30.7 Å². The van der Waals surface area contributed by atoms with Gasteiger partial charge in [0.2, 0.25) is 5.91 Å². The van der Waals surface area contributed by atoms with Crippen LogP contribution in [0.2, 0.25) is 0 Å². The smallest absolute Gasteiger partial charge is 0.248 e. The van der Waals surface area contributed by atoms with Crippen molar-refractivity contribution in [2.45, 2.75) is 6.92 Å². The summed E-state index contributed by atoms with van der Waals surface area (Å²) in [6.45, 7) is 1.78. The van der Waals surface area contributed by atoms with Gasteiger partial charge in [0.05, 0.1) is 5.69 Å². The van der Waals surface area contributed by atoms with Crippen LogP contribution in [0.15, 0.2) is 36.5 Å². The molecule has 17 heavy (non-hydrogen) atoms. The molecule has 3 nitrogen and oxygen atoms in total. The number of benzene rings is 1. The highest BCUT2D eigenvalue weighted by molar-refractivity contribution is 5.94. The molecule has 4 heteroatoms. The number of halogens is 1. The minimum absolute atomic E-state index is 0.341. The van der Waals surface area contributed by atoms with Crippen molar-refractivity contribution in [3.8, 4) is 11.3 Å². The molecule has 0 aliphatic carbocycles. The highest BCUT2D eigenvalue weighted by Crippen LogP contribution is 2.20. The number of nitrogens with two attached hydrogens (primary N) is 1. The minimum atomic E-state index is -0.471. The summed E-state index contributed by atoms with van der Waals surface area (Å²) in [4.78, 5) is 15.1. The maximum Gasteiger partial charge on any atom is 0.248 e. The Balaban J connectivity index is 2.48. The van der Waals surface area contributed by atoms with Crippen molar-refractivity contribution in [3.63, 3.8) is 0 Å². The second-order valence-corrected chi connectivity index (χ2v) is 3.75. The van der Waals surface area contributed by atoms with E-state index in [9.17, 15) is 9.18 Å². The van der Waals surface area contributed by atoms with E-state index in [1.54, 1.807) is 25.1 Å². The molecule has 0 spiro atoms. The van der Waals surface area contributed by atoms with Crippen LogP contribution in [-0.4, -0.2) is 10.9 Å². The Labute approximate surface area is 98.1 Å². The molecular formula is C13H11FN2O. The first kappa shape index (κ1) is 11.3. The average molecular weight is 230 g/mol. The lowest BCUT2D eigenvalue weighted by Crippen LogP contribution is -2.12. The van der Waals surface area contributed by atoms with Crippen LogP contribution >= 0.6 is 0 Å². The SMILES string of the molecule is Cc1cc(-c2cc(F)ccn2)ccc1C(N)=O. The Kier molecular flexibility index (Phi) is 2.87. The lowest BCUT2D eigenvalue weighted by atomic mass is 10.0. The summed E-state index contributed by atoms with van der Waals surface area (Å²) in [5.74, 6) is -0.812. The topological polar surface area (TPSA) is 56.0 Å². The van der Waals surface area contributed by atoms with Gasteiger partial charge in [-0.15, -0.1) is 0 Å². The molecule has 2 rings (SSSR count). The van der Waals surface area contributed by atoms with Crippen LogP contribution in [0.25, 0.3) is 11.3 Å². The quantitative estimate of drug-likeness (QED) is 0.860. The molecule has 2 aromatic rings. The van der Waals surface area contributed by atoms with Gasteiger partial charge in [0.1, 0.15) is 5.82 Å². The molecule has 0 aliphatic heterocycles. The maximum atomic E-state index is 13.0. The molecule has 1 aromatic carbocycles. The van der Waals surface area contributed by atoms with Crippen LogP contribution < -0.4 is 5.73 Å². The first-order valence-electron chi connectivity index (χ1n) is 5.10. The van der Waals surface area contributed by atoms with Gasteiger partial charge in [0, 0.05) is 23.4 Å². The molecule has 0 saturated heterocycles. The van der Waals surface area contributed by atoms with E-state index in [0.717, 1.165) is 11.1 Å². The number of nitrogens with zero attached hydrogens (tertiary/aromatic N) is 1. The Hall–Kier alpha value is -2.23. The molecule has 1 heterocycles. The highest BCUT2D eigenvalue weighted by Gasteiger charge is 2.07. The van der Waals surface area contributed by atoms with Gasteiger partial charge < -0.3 is 5.73 Å². The molecule has 0 atom stereocenters. The number of carbonyl (C=O) groups excluding carboxylic acids is 1. The van der Waals surface area contributed by atoms with Crippen molar-refractivity contribution in [1.82, 2.24) is 4.98 Å². The Morgan fingerprint density at radius 1 is 1.29 bits per heavy atom. The summed E-state index contributed by atoms with van der Waals surface area (Å²) in [7, 11) is 0. The molecule has 1 aromatic heterocycles. The number of hydrogen-bond donors (Lipinski definition) is 1. The zero-order valence-corrected chi connectivity index (χ0v) is 9.27. The summed E-state index contributed by atoms with van der Waals surface area (Å²) in [6.07, 6.45) is 1.40. The van der Waals surface area contributed by atoms with Gasteiger partial charge in [-0.1, -0.05) is 6.07 Å². The summed E-state index contributed by atoms with van der Waals surface area (Å²) >= 11 is 0. The monoisotopic (exact) mass is 230 g/mol. The first-order chi connectivity index (χ1) is 8.08. The van der Waals surface area contributed by atoms with Gasteiger partial charge in [0.25, 0.3) is 0 Å². The van der Waals surface area contributed by atoms with Crippen LogP contribution in [-0.2, 0) is 0 Å². The molecule has 0 bridgehead atoms. The molecule has 0 fully saturated rings. The van der Waals surface area contributed by atoms with Crippen LogP contribution in [0.1, 0.15) is 15.9 Å². The average Bonchev–Trinajstić information content (AvgIpc) is 2.28. The molecule has 0 saturated carbocycles. The lowest BCUT2D eigenvalue weighted by Gasteiger charge is -2.05. The predicted octanol–water partition coefficient (Wildman–Crippen LogP) is 2.30. The standard InChI is InChI=1S/C13H11FN2O/c1-8-6-9(2-3-11(8)13(15)17)12-7-10(14)4-5-16-12/h2-7H,1H3,(H2,15,17). The van der Waals surface area contributed by atoms with E-state index in [1.807, 2.05) is 0 Å². The summed E-state index contributed by atoms with van der Waals surface area (Å²) in [5, 5.41) is 0. The Morgan fingerprint density at radius 3 is 2.65 bits per heavy atom. The maximum absolute atomic E-state index is 13.0. The van der Waals surface area contributed by atoms with Crippen LogP contribution in [0.4, 0.5) is 4.39 Å². The van der Waals surface area contributed by atoms with Crippen molar-refractivity contribution < 1.29 is 9.18 Å². The van der Waals surface area contributed by atoms with Gasteiger partial charge >= 0.3 is 0 Å². The largest absolute Gasteiger partial charge is 0.366 e. The van der Waals surface area contributed by atoms with Gasteiger partial charge in [-0.3, -0.25) is 9.78 Å². The van der Waals surface area contributed by atoms with Gasteiger partial charge in [0.15, 0.2) is 0 Å². The molecular weight excluding hydrogens is 219 g/mol. The molecule has 0 unspecified atom stereocenters. The van der Waals surface area contributed by atoms with Crippen molar-refractivity contribution in [2.75, 3.05) is 0 Å². The van der Waals surface area contributed by atoms with E-state index in [1.165, 1.54) is 18.3 Å². The normalized spacial score (nSPS) is 10.2. The number of primary amides is 1. The fraction of sp³-hybridized carbons (Fsp3) is 0.0769. The minimum Gasteiger partial charge on any atom is -0.366 e. The highest BCUT2D eigenvalue weighted by atomic mass is 19.1. The molecule has 86 valence electrons. The summed E-state index contributed by atoms with van der Waals surface area (Å²) in [6, 6.07) is 7.73. The van der Waals surface area contributed by atoms with Crippen LogP contribution in [0, 0.1) is 12.7 Å². The Morgan fingerprint density at radius 2 is 2.06 bits per heavy atom. The van der Waals surface area contributed by atoms with E-state index in [0.29, 0.717) is 11.3 Å². The van der Waals surface area contributed by atoms with E-state index in [2.05, 4.69) is 4.98 Å². The summed E-state index contributed by atoms with van der Waals surface area (Å²) < 4.78 is 13.0. The fourth-order valence-electron chi connectivity index (χ4n) is 1.66. The fourth-order valence-corrected chi connectivity index (χ4v) is 1.66. The molecule has 0 radical (unpaired) electrons. The third-order valence-electron chi connectivity index (χ3n) is 2.51. The second-order valence-electron chi connectivity index (χ2n) is 3.75. The predicted molar refractivity (Wildman–Crippen MR) is 62.9 cm³/mol. The van der Waals surface area contributed by atoms with Crippen molar-refractivity contribution in [3.05, 3.63) is 53.5 Å². The van der Waals surface area contributed by atoms with Crippen LogP contribution in [0.3, 0.4) is 0 Å². The number of amides is 1. The first-order valence-corrected chi connectivity index (χ1v) is 5.10. The van der Waals surface area contributed by atoms with Gasteiger partial charge in [-0.2, -0.15) is 0 Å². The van der Waals surface area contributed by atoms with E-state index < -0.39 is 5.91 Å². The Bertz CT molecular complexity index is 581. The third-order valence-corrected chi connectivity index (χ3v) is 2.51. The number of pyridine rings is 1. The zero-order chi connectivity index (χ0) is 12.4. The number of carbonyl (C=O) groups is 1. The van der Waals surface area contributed by atoms with Crippen LogP contribution in [0.5, 0.6) is 0 Å². The zero-order valence-electron chi connectivity index (χ0n) is 9.27. The van der Waals surface area contributed by atoms with Crippen molar-refractivity contribution in [1.29, 1.82) is 0 Å². The van der Waals surface area contributed by atoms with E-state index in [-0.39, 0.29) is 5.82 Å². The lowest BCUT2D eigenvalue weighted by molar-refractivity contribution is 0.1000.